The van der Waals surface area contributed by atoms with Gasteiger partial charge in [-0.3, -0.25) is 0 Å². The lowest BCUT2D eigenvalue weighted by molar-refractivity contribution is 0.290. The molecule has 0 aliphatic heterocycles. The van der Waals surface area contributed by atoms with Crippen molar-refractivity contribution in [2.24, 2.45) is 29.6 Å². The van der Waals surface area contributed by atoms with Crippen molar-refractivity contribution in [2.75, 3.05) is 0 Å². The van der Waals surface area contributed by atoms with E-state index in [0.717, 1.165) is 11.8 Å². The van der Waals surface area contributed by atoms with Crippen LogP contribution < -0.4 is 0 Å². The normalized spacial score (nSPS) is 20.5. The van der Waals surface area contributed by atoms with E-state index in [0.29, 0.717) is 17.8 Å². The lowest BCUT2D eigenvalue weighted by atomic mass is 9.80. The van der Waals surface area contributed by atoms with Crippen LogP contribution in [0.1, 0.15) is 59.8 Å². The summed E-state index contributed by atoms with van der Waals surface area (Å²) < 4.78 is 0. The predicted molar refractivity (Wildman–Crippen MR) is 79.3 cm³/mol. The molecule has 0 fully saturated rings. The molecule has 0 N–H and O–H groups in total. The second kappa shape index (κ2) is 8.66. The number of hydrogen-bond donors (Lipinski definition) is 0. The largest absolute Gasteiger partial charge is 0.138 e. The molecule has 0 aliphatic rings. The second-order valence-corrected chi connectivity index (χ2v) is 6.10. The summed E-state index contributed by atoms with van der Waals surface area (Å²) in [5.74, 6) is 3.17. The molecule has 0 heterocycles. The van der Waals surface area contributed by atoms with Gasteiger partial charge in [0.1, 0.15) is 11.8 Å². The molecule has 5 atom stereocenters. The summed E-state index contributed by atoms with van der Waals surface area (Å²) in [6.45, 7) is 21.7. The third kappa shape index (κ3) is 7.52. The van der Waals surface area contributed by atoms with Crippen LogP contribution in [0.15, 0.2) is 0 Å². The van der Waals surface area contributed by atoms with Crippen LogP contribution in [0.3, 0.4) is 0 Å². The highest BCUT2D eigenvalue weighted by molar-refractivity contribution is 4.76. The van der Waals surface area contributed by atoms with E-state index in [4.69, 9.17) is 0 Å². The summed E-state index contributed by atoms with van der Waals surface area (Å²) >= 11 is 0. The van der Waals surface area contributed by atoms with Gasteiger partial charge in [-0.1, -0.05) is 33.6 Å². The van der Waals surface area contributed by atoms with Crippen LogP contribution >= 0.6 is 0 Å². The Hall–Kier alpha value is -0.390. The Balaban J connectivity index is 4.03. The molecule has 0 heteroatoms. The van der Waals surface area contributed by atoms with Gasteiger partial charge in [-0.25, -0.2) is 0 Å². The standard InChI is InChI=1S/C17H33/c1-8-14(5)10-15(6)11-17(9-2)12-16(7)13(3)4/h13-17H,3,6-12H2,1-2,4-5H3/q+3. The molecule has 0 bridgehead atoms. The highest BCUT2D eigenvalue weighted by atomic mass is 14.2. The summed E-state index contributed by atoms with van der Waals surface area (Å²) in [4.78, 5) is 0. The van der Waals surface area contributed by atoms with Gasteiger partial charge in [-0.2, -0.15) is 0 Å². The molecule has 0 saturated heterocycles. The van der Waals surface area contributed by atoms with Gasteiger partial charge in [0, 0.05) is 0 Å². The molecule has 0 aromatic carbocycles. The van der Waals surface area contributed by atoms with E-state index in [1.165, 1.54) is 32.1 Å². The molecular formula is C17H33+3. The first kappa shape index (κ1) is 16.6. The van der Waals surface area contributed by atoms with Crippen LogP contribution in [0.2, 0.25) is 0 Å². The minimum Gasteiger partial charge on any atom is -0.0651 e. The number of rotatable bonds is 9. The lowest BCUT2D eigenvalue weighted by Crippen LogP contribution is -2.15. The van der Waals surface area contributed by atoms with Gasteiger partial charge in [0.15, 0.2) is 0 Å². The van der Waals surface area contributed by atoms with Gasteiger partial charge >= 0.3 is 0 Å². The molecule has 0 aromatic rings. The molecule has 17 heavy (non-hydrogen) atoms. The Labute approximate surface area is 111 Å². The molecule has 0 spiro atoms. The van der Waals surface area contributed by atoms with Crippen LogP contribution in [0, 0.1) is 50.4 Å². The zero-order valence-corrected chi connectivity index (χ0v) is 12.5. The summed E-state index contributed by atoms with van der Waals surface area (Å²) in [5.41, 5.74) is 0. The summed E-state index contributed by atoms with van der Waals surface area (Å²) in [6, 6.07) is 0. The minimum atomic E-state index is 0.460. The van der Waals surface area contributed by atoms with E-state index in [1.54, 1.807) is 0 Å². The van der Waals surface area contributed by atoms with E-state index in [9.17, 15) is 0 Å². The fourth-order valence-corrected chi connectivity index (χ4v) is 2.39. The van der Waals surface area contributed by atoms with Crippen LogP contribution in [0.4, 0.5) is 0 Å². The Morgan fingerprint density at radius 2 is 1.41 bits per heavy atom. The van der Waals surface area contributed by atoms with E-state index in [1.807, 2.05) is 0 Å². The van der Waals surface area contributed by atoms with Crippen LogP contribution in [-0.4, -0.2) is 0 Å². The van der Waals surface area contributed by atoms with Gasteiger partial charge in [-0.15, -0.1) is 0 Å². The third-order valence-electron chi connectivity index (χ3n) is 4.12. The molecule has 0 nitrogen and oxygen atoms in total. The zero-order chi connectivity index (χ0) is 13.4. The topological polar surface area (TPSA) is 0 Å². The Kier molecular flexibility index (Phi) is 8.47. The van der Waals surface area contributed by atoms with Crippen molar-refractivity contribution in [3.63, 3.8) is 0 Å². The summed E-state index contributed by atoms with van der Waals surface area (Å²) in [7, 11) is 0. The first-order valence-electron chi connectivity index (χ1n) is 7.39. The molecule has 0 aromatic heterocycles. The second-order valence-electron chi connectivity index (χ2n) is 6.10. The maximum absolute atomic E-state index is 4.33. The Morgan fingerprint density at radius 3 is 1.82 bits per heavy atom. The molecule has 0 saturated carbocycles. The van der Waals surface area contributed by atoms with E-state index in [2.05, 4.69) is 48.5 Å². The highest BCUT2D eigenvalue weighted by Crippen LogP contribution is 2.29. The van der Waals surface area contributed by atoms with Crippen molar-refractivity contribution in [1.82, 2.24) is 0 Å². The average Bonchev–Trinajstić information content (AvgIpc) is 2.27. The highest BCUT2D eigenvalue weighted by Gasteiger charge is 2.26. The monoisotopic (exact) mass is 237 g/mol. The van der Waals surface area contributed by atoms with Crippen molar-refractivity contribution in [3.8, 4) is 0 Å². The fourth-order valence-electron chi connectivity index (χ4n) is 2.39. The molecule has 0 rings (SSSR count). The van der Waals surface area contributed by atoms with Crippen LogP contribution in [0.25, 0.3) is 0 Å². The van der Waals surface area contributed by atoms with Crippen molar-refractivity contribution in [2.45, 2.75) is 59.8 Å². The van der Waals surface area contributed by atoms with Gasteiger partial charge in [-0.05, 0) is 38.0 Å². The maximum atomic E-state index is 4.33. The summed E-state index contributed by atoms with van der Waals surface area (Å²) in [6.07, 6.45) is 6.28. The zero-order valence-electron chi connectivity index (χ0n) is 12.5. The first-order chi connectivity index (χ1) is 7.90. The van der Waals surface area contributed by atoms with Gasteiger partial charge in [0.2, 0.25) is 0 Å². The minimum absolute atomic E-state index is 0.460. The van der Waals surface area contributed by atoms with Crippen molar-refractivity contribution >= 4 is 0 Å². The smallest absolute Gasteiger partial charge is 0.0651 e. The molecule has 0 radical (unpaired) electrons. The SMILES string of the molecule is [CH2+]C(CC(C)CC)CC(CC)CC([CH2+])C([CH2+])C. The van der Waals surface area contributed by atoms with E-state index < -0.39 is 0 Å². The van der Waals surface area contributed by atoms with Crippen molar-refractivity contribution in [1.29, 1.82) is 0 Å². The Bertz CT molecular complexity index is 171. The van der Waals surface area contributed by atoms with Crippen LogP contribution in [0.5, 0.6) is 0 Å². The number of hydrogen-bond acceptors (Lipinski definition) is 0. The van der Waals surface area contributed by atoms with Gasteiger partial charge < -0.3 is 0 Å². The Morgan fingerprint density at radius 1 is 0.824 bits per heavy atom. The van der Waals surface area contributed by atoms with E-state index >= 15 is 0 Å². The maximum Gasteiger partial charge on any atom is 0.138 e. The summed E-state index contributed by atoms with van der Waals surface area (Å²) in [5, 5.41) is 0. The molecule has 0 amide bonds. The lowest BCUT2D eigenvalue weighted by Gasteiger charge is -2.19. The molecule has 98 valence electrons. The fraction of sp³-hybridized carbons (Fsp3) is 0.824. The van der Waals surface area contributed by atoms with Gasteiger partial charge in [0.25, 0.3) is 0 Å². The van der Waals surface area contributed by atoms with Gasteiger partial charge in [0.05, 0.1) is 26.7 Å². The molecule has 0 aliphatic carbocycles. The predicted octanol–water partition coefficient (Wildman–Crippen LogP) is 5.60. The molecular weight excluding hydrogens is 204 g/mol. The van der Waals surface area contributed by atoms with Crippen molar-refractivity contribution < 1.29 is 0 Å². The van der Waals surface area contributed by atoms with E-state index in [-0.39, 0.29) is 0 Å². The first-order valence-corrected chi connectivity index (χ1v) is 7.39. The van der Waals surface area contributed by atoms with Crippen LogP contribution in [-0.2, 0) is 0 Å². The molecule has 5 unspecified atom stereocenters. The average molecular weight is 237 g/mol. The van der Waals surface area contributed by atoms with Crippen molar-refractivity contribution in [3.05, 3.63) is 20.8 Å². The quantitative estimate of drug-likeness (QED) is 0.458. The third-order valence-corrected chi connectivity index (χ3v) is 4.12.